The van der Waals surface area contributed by atoms with Gasteiger partial charge in [0.25, 0.3) is 0 Å². The van der Waals surface area contributed by atoms with Gasteiger partial charge in [-0.15, -0.1) is 0 Å². The van der Waals surface area contributed by atoms with E-state index in [-0.39, 0.29) is 0 Å². The largest absolute Gasteiger partial charge is 0.497 e. The van der Waals surface area contributed by atoms with Crippen LogP contribution in [0.5, 0.6) is 5.75 Å². The second-order valence-electron chi connectivity index (χ2n) is 8.52. The highest BCUT2D eigenvalue weighted by atomic mass is 16.5. The highest BCUT2D eigenvalue weighted by Gasteiger charge is 2.27. The number of hydrogen-bond acceptors (Lipinski definition) is 2. The number of nitrogens with zero attached hydrogens (tertiary/aromatic N) is 1. The number of fused-ring (bicyclic) bond motifs is 3. The molecular weight excluding hydrogens is 380 g/mol. The van der Waals surface area contributed by atoms with Crippen molar-refractivity contribution in [2.24, 2.45) is 0 Å². The lowest BCUT2D eigenvalue weighted by atomic mass is 9.85. The van der Waals surface area contributed by atoms with E-state index in [0.717, 1.165) is 31.8 Å². The standard InChI is InChI=1S/C28H30N2O/c1-31-24-15-16-26-25(17-24)28-23(19-29-18-21-9-4-2-5-10-21)13-8-14-27(28)30(26)20-22-11-6-3-7-12-22/h2-7,9-12,15-17,23,29H,8,13-14,18-20H2,1H3. The Morgan fingerprint density at radius 1 is 0.935 bits per heavy atom. The normalized spacial score (nSPS) is 15.7. The van der Waals surface area contributed by atoms with Gasteiger partial charge >= 0.3 is 0 Å². The van der Waals surface area contributed by atoms with Crippen LogP contribution in [0.3, 0.4) is 0 Å². The van der Waals surface area contributed by atoms with Crippen molar-refractivity contribution < 1.29 is 4.74 Å². The molecule has 1 N–H and O–H groups in total. The number of nitrogens with one attached hydrogen (secondary N) is 1. The number of ether oxygens (including phenoxy) is 1. The van der Waals surface area contributed by atoms with Crippen molar-refractivity contribution in [1.82, 2.24) is 9.88 Å². The van der Waals surface area contributed by atoms with Crippen LogP contribution in [-0.2, 0) is 19.5 Å². The Kier molecular flexibility index (Phi) is 5.77. The molecular formula is C28H30N2O. The summed E-state index contributed by atoms with van der Waals surface area (Å²) in [6, 6.07) is 28.1. The Morgan fingerprint density at radius 2 is 1.68 bits per heavy atom. The van der Waals surface area contributed by atoms with Crippen molar-refractivity contribution in [2.75, 3.05) is 13.7 Å². The first-order valence-corrected chi connectivity index (χ1v) is 11.3. The Balaban J connectivity index is 1.49. The third-order valence-corrected chi connectivity index (χ3v) is 6.54. The molecule has 1 atom stereocenters. The molecule has 158 valence electrons. The first-order chi connectivity index (χ1) is 15.3. The first kappa shape index (κ1) is 19.9. The predicted octanol–water partition coefficient (Wildman–Crippen LogP) is 5.91. The van der Waals surface area contributed by atoms with Gasteiger partial charge in [-0.05, 0) is 60.1 Å². The van der Waals surface area contributed by atoms with Crippen LogP contribution in [0.25, 0.3) is 10.9 Å². The summed E-state index contributed by atoms with van der Waals surface area (Å²) in [4.78, 5) is 0. The summed E-state index contributed by atoms with van der Waals surface area (Å²) >= 11 is 0. The van der Waals surface area contributed by atoms with Crippen molar-refractivity contribution >= 4 is 10.9 Å². The number of rotatable bonds is 7. The molecule has 4 aromatic rings. The average molecular weight is 411 g/mol. The van der Waals surface area contributed by atoms with Gasteiger partial charge < -0.3 is 14.6 Å². The summed E-state index contributed by atoms with van der Waals surface area (Å²) in [5, 5.41) is 5.08. The second-order valence-corrected chi connectivity index (χ2v) is 8.52. The summed E-state index contributed by atoms with van der Waals surface area (Å²) in [5.41, 5.74) is 7.04. The molecule has 3 aromatic carbocycles. The molecule has 0 radical (unpaired) electrons. The van der Waals surface area contributed by atoms with Crippen LogP contribution in [0, 0.1) is 0 Å². The molecule has 3 heteroatoms. The van der Waals surface area contributed by atoms with Gasteiger partial charge in [-0.2, -0.15) is 0 Å². The minimum atomic E-state index is 0.527. The number of hydrogen-bond donors (Lipinski definition) is 1. The molecule has 1 heterocycles. The number of methoxy groups -OCH3 is 1. The molecule has 1 aromatic heterocycles. The van der Waals surface area contributed by atoms with E-state index < -0.39 is 0 Å². The fourth-order valence-electron chi connectivity index (χ4n) is 5.06. The van der Waals surface area contributed by atoms with Crippen LogP contribution < -0.4 is 10.1 Å². The fraction of sp³-hybridized carbons (Fsp3) is 0.286. The van der Waals surface area contributed by atoms with Crippen LogP contribution in [-0.4, -0.2) is 18.2 Å². The molecule has 0 saturated heterocycles. The third kappa shape index (κ3) is 4.11. The van der Waals surface area contributed by atoms with E-state index >= 15 is 0 Å². The Hall–Kier alpha value is -3.04. The molecule has 0 aliphatic heterocycles. The lowest BCUT2D eigenvalue weighted by Gasteiger charge is -2.25. The van der Waals surface area contributed by atoms with Crippen molar-refractivity contribution in [3.8, 4) is 5.75 Å². The molecule has 1 aliphatic carbocycles. The van der Waals surface area contributed by atoms with Crippen LogP contribution in [0.15, 0.2) is 78.9 Å². The van der Waals surface area contributed by atoms with E-state index in [1.165, 1.54) is 46.1 Å². The highest BCUT2D eigenvalue weighted by Crippen LogP contribution is 2.40. The molecule has 31 heavy (non-hydrogen) atoms. The van der Waals surface area contributed by atoms with Gasteiger partial charge in [0.1, 0.15) is 5.75 Å². The van der Waals surface area contributed by atoms with Gasteiger partial charge in [0.15, 0.2) is 0 Å². The van der Waals surface area contributed by atoms with E-state index in [9.17, 15) is 0 Å². The SMILES string of the molecule is COc1ccc2c(c1)c1c(n2Cc2ccccc2)CCCC1CNCc1ccccc1. The molecule has 3 nitrogen and oxygen atoms in total. The Labute approximate surface area is 184 Å². The zero-order chi connectivity index (χ0) is 21.0. The summed E-state index contributed by atoms with van der Waals surface area (Å²) in [7, 11) is 1.76. The summed E-state index contributed by atoms with van der Waals surface area (Å²) < 4.78 is 8.13. The van der Waals surface area contributed by atoms with Gasteiger partial charge in [0, 0.05) is 36.2 Å². The molecule has 0 spiro atoms. The van der Waals surface area contributed by atoms with Crippen LogP contribution >= 0.6 is 0 Å². The maximum absolute atomic E-state index is 5.59. The second kappa shape index (κ2) is 8.99. The quantitative estimate of drug-likeness (QED) is 0.410. The van der Waals surface area contributed by atoms with E-state index in [0.29, 0.717) is 5.92 Å². The van der Waals surface area contributed by atoms with Crippen molar-refractivity contribution in [3.05, 3.63) is 101 Å². The summed E-state index contributed by atoms with van der Waals surface area (Å²) in [6.07, 6.45) is 3.62. The Bertz CT molecular complexity index is 1150. The molecule has 0 bridgehead atoms. The highest BCUT2D eigenvalue weighted by molar-refractivity contribution is 5.88. The van der Waals surface area contributed by atoms with E-state index in [4.69, 9.17) is 4.74 Å². The number of benzene rings is 3. The van der Waals surface area contributed by atoms with Gasteiger partial charge in [-0.1, -0.05) is 60.7 Å². The summed E-state index contributed by atoms with van der Waals surface area (Å²) in [6.45, 7) is 2.84. The van der Waals surface area contributed by atoms with Crippen molar-refractivity contribution in [1.29, 1.82) is 0 Å². The van der Waals surface area contributed by atoms with E-state index in [2.05, 4.69) is 88.7 Å². The molecule has 1 unspecified atom stereocenters. The monoisotopic (exact) mass is 410 g/mol. The maximum atomic E-state index is 5.59. The topological polar surface area (TPSA) is 26.2 Å². The molecule has 5 rings (SSSR count). The number of aromatic nitrogens is 1. The minimum Gasteiger partial charge on any atom is -0.497 e. The van der Waals surface area contributed by atoms with E-state index in [1.807, 2.05) is 0 Å². The van der Waals surface area contributed by atoms with Crippen LogP contribution in [0.2, 0.25) is 0 Å². The van der Waals surface area contributed by atoms with Crippen LogP contribution in [0.4, 0.5) is 0 Å². The Morgan fingerprint density at radius 3 is 2.42 bits per heavy atom. The first-order valence-electron chi connectivity index (χ1n) is 11.3. The molecule has 0 amide bonds. The smallest absolute Gasteiger partial charge is 0.119 e. The van der Waals surface area contributed by atoms with Gasteiger partial charge in [0.2, 0.25) is 0 Å². The molecule has 0 fully saturated rings. The lowest BCUT2D eigenvalue weighted by molar-refractivity contribution is 0.415. The molecule has 0 saturated carbocycles. The maximum Gasteiger partial charge on any atom is 0.119 e. The predicted molar refractivity (Wildman–Crippen MR) is 128 cm³/mol. The van der Waals surface area contributed by atoms with Gasteiger partial charge in [-0.3, -0.25) is 0 Å². The van der Waals surface area contributed by atoms with Crippen molar-refractivity contribution in [2.45, 2.75) is 38.3 Å². The lowest BCUT2D eigenvalue weighted by Crippen LogP contribution is -2.24. The zero-order valence-electron chi connectivity index (χ0n) is 18.2. The van der Waals surface area contributed by atoms with Crippen molar-refractivity contribution in [3.63, 3.8) is 0 Å². The van der Waals surface area contributed by atoms with Crippen LogP contribution in [0.1, 0.15) is 41.1 Å². The molecule has 1 aliphatic rings. The zero-order valence-corrected chi connectivity index (χ0v) is 18.2. The fourth-order valence-corrected chi connectivity index (χ4v) is 5.06. The minimum absolute atomic E-state index is 0.527. The third-order valence-electron chi connectivity index (χ3n) is 6.54. The van der Waals surface area contributed by atoms with E-state index in [1.54, 1.807) is 7.11 Å². The average Bonchev–Trinajstić information content (AvgIpc) is 3.14. The summed E-state index contributed by atoms with van der Waals surface area (Å²) in [5.74, 6) is 1.47. The van der Waals surface area contributed by atoms with Gasteiger partial charge in [0.05, 0.1) is 7.11 Å². The van der Waals surface area contributed by atoms with Gasteiger partial charge in [-0.25, -0.2) is 0 Å².